The maximum Gasteiger partial charge on any atom is 0.212 e. The Bertz CT molecular complexity index is 258. The van der Waals surface area contributed by atoms with Gasteiger partial charge in [0.15, 0.2) is 5.01 Å². The second-order valence-electron chi connectivity index (χ2n) is 2.94. The van der Waals surface area contributed by atoms with E-state index in [1.54, 1.807) is 14.2 Å². The predicted molar refractivity (Wildman–Crippen MR) is 50.8 cm³/mol. The molecule has 0 unspecified atom stereocenters. The summed E-state index contributed by atoms with van der Waals surface area (Å²) in [7, 11) is 3.18. The fraction of sp³-hybridized carbons (Fsp3) is 0.750. The number of rotatable bonds is 4. The average molecular weight is 202 g/mol. The molecular formula is C8H14N2O2S. The summed E-state index contributed by atoms with van der Waals surface area (Å²) < 4.78 is 10.1. The molecule has 0 aliphatic rings. The van der Waals surface area contributed by atoms with E-state index in [-0.39, 0.29) is 6.29 Å². The molecular weight excluding hydrogens is 188 g/mol. The summed E-state index contributed by atoms with van der Waals surface area (Å²) in [6.45, 7) is 4.16. The Balaban J connectivity index is 2.78. The SMILES string of the molecule is COC(OC)c1nnc(C(C)C)s1. The molecule has 74 valence electrons. The molecule has 4 nitrogen and oxygen atoms in total. The first-order valence-electron chi connectivity index (χ1n) is 4.08. The second kappa shape index (κ2) is 4.64. The number of ether oxygens (including phenoxy) is 2. The van der Waals surface area contributed by atoms with Crippen LogP contribution in [0.25, 0.3) is 0 Å². The maximum absolute atomic E-state index is 5.06. The molecule has 0 aliphatic carbocycles. The van der Waals surface area contributed by atoms with E-state index >= 15 is 0 Å². The molecule has 0 spiro atoms. The van der Waals surface area contributed by atoms with Crippen molar-refractivity contribution in [3.63, 3.8) is 0 Å². The first-order chi connectivity index (χ1) is 6.19. The Kier molecular flexibility index (Phi) is 3.77. The monoisotopic (exact) mass is 202 g/mol. The van der Waals surface area contributed by atoms with E-state index in [0.717, 1.165) is 10.0 Å². The van der Waals surface area contributed by atoms with Gasteiger partial charge in [-0.25, -0.2) is 0 Å². The summed E-state index contributed by atoms with van der Waals surface area (Å²) in [6.07, 6.45) is -0.384. The minimum atomic E-state index is -0.384. The van der Waals surface area contributed by atoms with Gasteiger partial charge in [-0.15, -0.1) is 10.2 Å². The first kappa shape index (κ1) is 10.6. The standard InChI is InChI=1S/C8H14N2O2S/c1-5(2)6-9-10-7(13-6)8(11-3)12-4/h5,8H,1-4H3. The molecule has 0 radical (unpaired) electrons. The van der Waals surface area contributed by atoms with E-state index in [9.17, 15) is 0 Å². The van der Waals surface area contributed by atoms with Crippen molar-refractivity contribution < 1.29 is 9.47 Å². The van der Waals surface area contributed by atoms with Gasteiger partial charge in [0.2, 0.25) is 6.29 Å². The van der Waals surface area contributed by atoms with E-state index in [2.05, 4.69) is 24.0 Å². The third kappa shape index (κ3) is 2.46. The third-order valence-corrected chi connectivity index (χ3v) is 2.83. The quantitative estimate of drug-likeness (QED) is 0.700. The van der Waals surface area contributed by atoms with Crippen molar-refractivity contribution in [3.8, 4) is 0 Å². The minimum Gasteiger partial charge on any atom is -0.350 e. The zero-order valence-corrected chi connectivity index (χ0v) is 9.09. The Hall–Kier alpha value is -0.520. The van der Waals surface area contributed by atoms with Crippen LogP contribution in [-0.2, 0) is 9.47 Å². The van der Waals surface area contributed by atoms with E-state index < -0.39 is 0 Å². The highest BCUT2D eigenvalue weighted by molar-refractivity contribution is 7.11. The minimum absolute atomic E-state index is 0.384. The molecule has 0 aromatic carbocycles. The lowest BCUT2D eigenvalue weighted by molar-refractivity contribution is -0.106. The number of hydrogen-bond acceptors (Lipinski definition) is 5. The van der Waals surface area contributed by atoms with Gasteiger partial charge in [0.05, 0.1) is 0 Å². The summed E-state index contributed by atoms with van der Waals surface area (Å²) in [6, 6.07) is 0. The van der Waals surface area contributed by atoms with Gasteiger partial charge in [0.1, 0.15) is 5.01 Å². The summed E-state index contributed by atoms with van der Waals surface area (Å²) in [5, 5.41) is 9.82. The third-order valence-electron chi connectivity index (χ3n) is 1.58. The van der Waals surface area contributed by atoms with Crippen molar-refractivity contribution in [2.45, 2.75) is 26.1 Å². The molecule has 13 heavy (non-hydrogen) atoms. The van der Waals surface area contributed by atoms with Crippen LogP contribution < -0.4 is 0 Å². The largest absolute Gasteiger partial charge is 0.350 e. The van der Waals surface area contributed by atoms with E-state index in [4.69, 9.17) is 9.47 Å². The van der Waals surface area contributed by atoms with E-state index in [0.29, 0.717) is 5.92 Å². The predicted octanol–water partition coefficient (Wildman–Crippen LogP) is 1.95. The summed E-state index contributed by atoms with van der Waals surface area (Å²) >= 11 is 1.53. The molecule has 5 heteroatoms. The van der Waals surface area contributed by atoms with Crippen molar-refractivity contribution in [1.82, 2.24) is 10.2 Å². The van der Waals surface area contributed by atoms with Gasteiger partial charge in [0, 0.05) is 20.1 Å². The van der Waals surface area contributed by atoms with Crippen LogP contribution in [0.5, 0.6) is 0 Å². The van der Waals surface area contributed by atoms with Gasteiger partial charge in [-0.3, -0.25) is 0 Å². The zero-order chi connectivity index (χ0) is 9.84. The Labute approximate surface area is 81.9 Å². The Morgan fingerprint density at radius 3 is 2.00 bits per heavy atom. The molecule has 0 saturated heterocycles. The second-order valence-corrected chi connectivity index (χ2v) is 3.98. The molecule has 0 amide bonds. The summed E-state index contributed by atoms with van der Waals surface area (Å²) in [5.74, 6) is 0.403. The van der Waals surface area contributed by atoms with Gasteiger partial charge in [0.25, 0.3) is 0 Å². The zero-order valence-electron chi connectivity index (χ0n) is 8.27. The first-order valence-corrected chi connectivity index (χ1v) is 4.89. The van der Waals surface area contributed by atoms with Crippen molar-refractivity contribution in [1.29, 1.82) is 0 Å². The van der Waals surface area contributed by atoms with Crippen molar-refractivity contribution in [2.24, 2.45) is 0 Å². The lowest BCUT2D eigenvalue weighted by atomic mass is 10.2. The van der Waals surface area contributed by atoms with Gasteiger partial charge < -0.3 is 9.47 Å². The van der Waals surface area contributed by atoms with Gasteiger partial charge in [-0.05, 0) is 0 Å². The Morgan fingerprint density at radius 1 is 1.08 bits per heavy atom. The summed E-state index contributed by atoms with van der Waals surface area (Å²) in [4.78, 5) is 0. The van der Waals surface area contributed by atoms with E-state index in [1.165, 1.54) is 11.3 Å². The molecule has 0 N–H and O–H groups in total. The summed E-state index contributed by atoms with van der Waals surface area (Å²) in [5.41, 5.74) is 0. The molecule has 1 aromatic rings. The highest BCUT2D eigenvalue weighted by Crippen LogP contribution is 2.25. The fourth-order valence-electron chi connectivity index (χ4n) is 0.873. The lowest BCUT2D eigenvalue weighted by Gasteiger charge is -2.07. The van der Waals surface area contributed by atoms with Gasteiger partial charge in [-0.1, -0.05) is 25.2 Å². The molecule has 0 aliphatic heterocycles. The topological polar surface area (TPSA) is 44.2 Å². The molecule has 1 rings (SSSR count). The Morgan fingerprint density at radius 2 is 1.62 bits per heavy atom. The van der Waals surface area contributed by atoms with Crippen LogP contribution in [0.15, 0.2) is 0 Å². The smallest absolute Gasteiger partial charge is 0.212 e. The van der Waals surface area contributed by atoms with E-state index in [1.807, 2.05) is 0 Å². The normalized spacial score (nSPS) is 11.5. The number of methoxy groups -OCH3 is 2. The average Bonchev–Trinajstić information content (AvgIpc) is 2.56. The molecule has 0 fully saturated rings. The van der Waals surface area contributed by atoms with Crippen LogP contribution >= 0.6 is 11.3 Å². The number of nitrogens with zero attached hydrogens (tertiary/aromatic N) is 2. The number of hydrogen-bond donors (Lipinski definition) is 0. The van der Waals surface area contributed by atoms with Crippen LogP contribution in [0, 0.1) is 0 Å². The molecule has 0 atom stereocenters. The maximum atomic E-state index is 5.06. The van der Waals surface area contributed by atoms with Crippen LogP contribution in [0.2, 0.25) is 0 Å². The number of aromatic nitrogens is 2. The van der Waals surface area contributed by atoms with Crippen LogP contribution in [0.3, 0.4) is 0 Å². The van der Waals surface area contributed by atoms with Gasteiger partial charge >= 0.3 is 0 Å². The van der Waals surface area contributed by atoms with Crippen LogP contribution in [0.4, 0.5) is 0 Å². The highest BCUT2D eigenvalue weighted by atomic mass is 32.1. The molecule has 1 heterocycles. The van der Waals surface area contributed by atoms with Gasteiger partial charge in [-0.2, -0.15) is 0 Å². The van der Waals surface area contributed by atoms with Crippen LogP contribution in [0.1, 0.15) is 36.1 Å². The fourth-order valence-corrected chi connectivity index (χ4v) is 1.77. The molecule has 0 saturated carbocycles. The van der Waals surface area contributed by atoms with Crippen molar-refractivity contribution >= 4 is 11.3 Å². The molecule has 0 bridgehead atoms. The van der Waals surface area contributed by atoms with Crippen molar-refractivity contribution in [3.05, 3.63) is 10.0 Å². The van der Waals surface area contributed by atoms with Crippen LogP contribution in [-0.4, -0.2) is 24.4 Å². The lowest BCUT2D eigenvalue weighted by Crippen LogP contribution is -2.02. The highest BCUT2D eigenvalue weighted by Gasteiger charge is 2.16. The van der Waals surface area contributed by atoms with Crippen molar-refractivity contribution in [2.75, 3.05) is 14.2 Å². The molecule has 1 aromatic heterocycles.